The lowest BCUT2D eigenvalue weighted by Crippen LogP contribution is -2.22. The van der Waals surface area contributed by atoms with Gasteiger partial charge in [-0.2, -0.15) is 0 Å². The molecule has 1 rings (SSSR count). The summed E-state index contributed by atoms with van der Waals surface area (Å²) in [6.07, 6.45) is 24.5. The van der Waals surface area contributed by atoms with Crippen molar-refractivity contribution in [2.45, 2.75) is 123 Å². The van der Waals surface area contributed by atoms with Crippen LogP contribution in [0.2, 0.25) is 0 Å². The zero-order valence-electron chi connectivity index (χ0n) is 23.1. The third kappa shape index (κ3) is 21.6. The maximum absolute atomic E-state index is 12.3. The van der Waals surface area contributed by atoms with E-state index in [2.05, 4.69) is 12.2 Å². The molecule has 0 aliphatic carbocycles. The molecule has 8 heteroatoms. The van der Waals surface area contributed by atoms with Gasteiger partial charge in [-0.3, -0.25) is 4.79 Å². The molecule has 0 bridgehead atoms. The second-order valence-electron chi connectivity index (χ2n) is 9.57. The van der Waals surface area contributed by atoms with Gasteiger partial charge in [0.05, 0.1) is 12.8 Å². The van der Waals surface area contributed by atoms with Gasteiger partial charge in [-0.1, -0.05) is 103 Å². The molecule has 0 saturated heterocycles. The van der Waals surface area contributed by atoms with Crippen LogP contribution in [-0.2, 0) is 13.6 Å². The summed E-state index contributed by atoms with van der Waals surface area (Å²) in [5.41, 5.74) is 6.44. The second kappa shape index (κ2) is 29.1. The SMILES string of the molecule is CCCCCCCCCCCCCCCCCCOc1cn(C)c(CNCCCN)cc1=O.Cl.Cl.Cl. The molecule has 0 atom stereocenters. The van der Waals surface area contributed by atoms with E-state index < -0.39 is 0 Å². The molecule has 0 aliphatic rings. The summed E-state index contributed by atoms with van der Waals surface area (Å²) in [6, 6.07) is 1.68. The first-order chi connectivity index (χ1) is 16.2. The third-order valence-corrected chi connectivity index (χ3v) is 6.42. The normalized spacial score (nSPS) is 10.3. The van der Waals surface area contributed by atoms with Crippen molar-refractivity contribution < 1.29 is 4.74 Å². The van der Waals surface area contributed by atoms with Crippen molar-refractivity contribution in [3.05, 3.63) is 28.2 Å². The molecule has 0 saturated carbocycles. The van der Waals surface area contributed by atoms with Gasteiger partial charge in [0, 0.05) is 25.4 Å². The molecule has 0 amide bonds. The Labute approximate surface area is 240 Å². The number of hydrogen-bond acceptors (Lipinski definition) is 4. The highest BCUT2D eigenvalue weighted by Gasteiger charge is 2.05. The van der Waals surface area contributed by atoms with Gasteiger partial charge in [-0.15, -0.1) is 37.2 Å². The minimum absolute atomic E-state index is 0. The molecule has 1 aromatic heterocycles. The van der Waals surface area contributed by atoms with Gasteiger partial charge < -0.3 is 20.4 Å². The fourth-order valence-corrected chi connectivity index (χ4v) is 4.21. The predicted octanol–water partition coefficient (Wildman–Crippen LogP) is 7.73. The Balaban J connectivity index is -0.00000363. The number of ether oxygens (including phenoxy) is 1. The first-order valence-corrected chi connectivity index (χ1v) is 13.9. The zero-order chi connectivity index (χ0) is 24.0. The lowest BCUT2D eigenvalue weighted by Gasteiger charge is -2.12. The maximum Gasteiger partial charge on any atom is 0.223 e. The van der Waals surface area contributed by atoms with Crippen LogP contribution in [0.3, 0.4) is 0 Å². The van der Waals surface area contributed by atoms with Crippen molar-refractivity contribution in [1.29, 1.82) is 0 Å². The quantitative estimate of drug-likeness (QED) is 0.132. The lowest BCUT2D eigenvalue weighted by atomic mass is 10.0. The summed E-state index contributed by atoms with van der Waals surface area (Å²) >= 11 is 0. The molecule has 5 nitrogen and oxygen atoms in total. The van der Waals surface area contributed by atoms with Gasteiger partial charge >= 0.3 is 0 Å². The molecular weight excluding hydrogens is 517 g/mol. The van der Waals surface area contributed by atoms with Gasteiger partial charge in [0.2, 0.25) is 5.43 Å². The zero-order valence-corrected chi connectivity index (χ0v) is 25.5. The number of aryl methyl sites for hydroxylation is 1. The number of nitrogens with two attached hydrogens (primary N) is 1. The van der Waals surface area contributed by atoms with Crippen LogP contribution in [0.5, 0.6) is 5.75 Å². The highest BCUT2D eigenvalue weighted by Crippen LogP contribution is 2.14. The van der Waals surface area contributed by atoms with Crippen LogP contribution < -0.4 is 21.2 Å². The van der Waals surface area contributed by atoms with Gasteiger partial charge in [-0.05, 0) is 25.9 Å². The summed E-state index contributed by atoms with van der Waals surface area (Å²) in [5.74, 6) is 0.462. The average Bonchev–Trinajstić information content (AvgIpc) is 2.81. The van der Waals surface area contributed by atoms with Crippen LogP contribution in [0.4, 0.5) is 0 Å². The first kappa shape index (κ1) is 40.0. The Bertz CT molecular complexity index is 645. The second-order valence-corrected chi connectivity index (χ2v) is 9.57. The molecule has 1 heterocycles. The van der Waals surface area contributed by atoms with Gasteiger partial charge in [-0.25, -0.2) is 0 Å². The molecule has 0 unspecified atom stereocenters. The van der Waals surface area contributed by atoms with E-state index in [1.807, 2.05) is 17.8 Å². The van der Waals surface area contributed by atoms with E-state index in [1.54, 1.807) is 6.07 Å². The molecule has 1 aromatic rings. The molecule has 0 aliphatic heterocycles. The summed E-state index contributed by atoms with van der Waals surface area (Å²) in [6.45, 7) is 5.12. The summed E-state index contributed by atoms with van der Waals surface area (Å²) in [7, 11) is 1.96. The Morgan fingerprint density at radius 3 is 1.72 bits per heavy atom. The lowest BCUT2D eigenvalue weighted by molar-refractivity contribution is 0.299. The van der Waals surface area contributed by atoms with E-state index in [-0.39, 0.29) is 42.6 Å². The molecule has 216 valence electrons. The Kier molecular flexibility index (Phi) is 32.4. The molecule has 0 fully saturated rings. The fourth-order valence-electron chi connectivity index (χ4n) is 4.21. The van der Waals surface area contributed by atoms with E-state index in [0.717, 1.165) is 25.1 Å². The van der Waals surface area contributed by atoms with Crippen LogP contribution in [0.25, 0.3) is 0 Å². The highest BCUT2D eigenvalue weighted by atomic mass is 35.5. The summed E-state index contributed by atoms with van der Waals surface area (Å²) in [5, 5.41) is 3.31. The standard InChI is InChI=1S/C28H53N3O2.3ClH/c1-3-4-5-6-7-8-9-10-11-12-13-14-15-16-17-18-22-33-28-25-31(2)26(23-27(28)32)24-30-21-19-20-29;;;/h23,25,30H,3-22,24,29H2,1-2H3;3*1H. The summed E-state index contributed by atoms with van der Waals surface area (Å²) < 4.78 is 7.74. The summed E-state index contributed by atoms with van der Waals surface area (Å²) in [4.78, 5) is 12.3. The van der Waals surface area contributed by atoms with Crippen LogP contribution >= 0.6 is 37.2 Å². The van der Waals surface area contributed by atoms with Gasteiger partial charge in [0.1, 0.15) is 0 Å². The average molecular weight is 573 g/mol. The Morgan fingerprint density at radius 1 is 0.778 bits per heavy atom. The van der Waals surface area contributed by atoms with Gasteiger partial charge in [0.25, 0.3) is 0 Å². The molecule has 3 N–H and O–H groups in total. The van der Waals surface area contributed by atoms with Crippen molar-refractivity contribution in [3.63, 3.8) is 0 Å². The van der Waals surface area contributed by atoms with Crippen LogP contribution in [0.1, 0.15) is 122 Å². The van der Waals surface area contributed by atoms with E-state index >= 15 is 0 Å². The van der Waals surface area contributed by atoms with Crippen molar-refractivity contribution in [3.8, 4) is 5.75 Å². The number of unbranched alkanes of at least 4 members (excludes halogenated alkanes) is 15. The number of nitrogens with zero attached hydrogens (tertiary/aromatic N) is 1. The number of hydrogen-bond donors (Lipinski definition) is 2. The number of rotatable bonds is 23. The predicted molar refractivity (Wildman–Crippen MR) is 164 cm³/mol. The van der Waals surface area contributed by atoms with Gasteiger partial charge in [0.15, 0.2) is 5.75 Å². The van der Waals surface area contributed by atoms with Crippen LogP contribution in [-0.4, -0.2) is 24.3 Å². The molecule has 0 spiro atoms. The number of pyridine rings is 1. The van der Waals surface area contributed by atoms with Crippen molar-refractivity contribution >= 4 is 37.2 Å². The first-order valence-electron chi connectivity index (χ1n) is 13.9. The minimum Gasteiger partial charge on any atom is -0.488 e. The highest BCUT2D eigenvalue weighted by molar-refractivity contribution is 5.86. The Hall–Kier alpha value is -0.460. The third-order valence-electron chi connectivity index (χ3n) is 6.42. The minimum atomic E-state index is -0.0276. The van der Waals surface area contributed by atoms with Crippen LogP contribution in [0.15, 0.2) is 17.1 Å². The van der Waals surface area contributed by atoms with Crippen molar-refractivity contribution in [2.75, 3.05) is 19.7 Å². The van der Waals surface area contributed by atoms with E-state index in [9.17, 15) is 4.79 Å². The topological polar surface area (TPSA) is 69.3 Å². The van der Waals surface area contributed by atoms with Crippen molar-refractivity contribution in [1.82, 2.24) is 9.88 Å². The largest absolute Gasteiger partial charge is 0.488 e. The fraction of sp³-hybridized carbons (Fsp3) is 0.821. The molecule has 0 radical (unpaired) electrons. The number of nitrogens with one attached hydrogen (secondary N) is 1. The van der Waals surface area contributed by atoms with E-state index in [1.165, 1.54) is 96.3 Å². The molecule has 0 aromatic carbocycles. The maximum atomic E-state index is 12.3. The monoisotopic (exact) mass is 571 g/mol. The van der Waals surface area contributed by atoms with Crippen molar-refractivity contribution in [2.24, 2.45) is 12.8 Å². The number of halogens is 3. The molecule has 36 heavy (non-hydrogen) atoms. The Morgan fingerprint density at radius 2 is 1.25 bits per heavy atom. The smallest absolute Gasteiger partial charge is 0.223 e. The van der Waals surface area contributed by atoms with E-state index in [4.69, 9.17) is 10.5 Å². The molecular formula is C28H56Cl3N3O2. The van der Waals surface area contributed by atoms with E-state index in [0.29, 0.717) is 25.4 Å². The van der Waals surface area contributed by atoms with Crippen LogP contribution in [0, 0.1) is 0 Å². The number of aromatic nitrogens is 1.